The second kappa shape index (κ2) is 4.63. The summed E-state index contributed by atoms with van der Waals surface area (Å²) in [6, 6.07) is 2.82. The van der Waals surface area contributed by atoms with Crippen molar-refractivity contribution in [2.45, 2.75) is 31.8 Å². The van der Waals surface area contributed by atoms with Crippen LogP contribution in [-0.4, -0.2) is 12.0 Å². The SMILES string of the molecule is CC(NC(=NC1CC1)NN)c1ccsc1. The Morgan fingerprint density at radius 2 is 2.47 bits per heavy atom. The lowest BCUT2D eigenvalue weighted by Gasteiger charge is -2.15. The van der Waals surface area contributed by atoms with Crippen LogP contribution in [0.2, 0.25) is 0 Å². The van der Waals surface area contributed by atoms with Crippen LogP contribution in [0.25, 0.3) is 0 Å². The first-order chi connectivity index (χ1) is 7.29. The van der Waals surface area contributed by atoms with Crippen molar-refractivity contribution >= 4 is 17.3 Å². The lowest BCUT2D eigenvalue weighted by molar-refractivity contribution is 0.690. The number of aliphatic imine (C=N–C) groups is 1. The van der Waals surface area contributed by atoms with Crippen LogP contribution in [0.3, 0.4) is 0 Å². The molecule has 0 amide bonds. The van der Waals surface area contributed by atoms with Crippen molar-refractivity contribution in [1.82, 2.24) is 10.7 Å². The van der Waals surface area contributed by atoms with E-state index < -0.39 is 0 Å². The minimum absolute atomic E-state index is 0.241. The van der Waals surface area contributed by atoms with Crippen molar-refractivity contribution in [2.75, 3.05) is 0 Å². The highest BCUT2D eigenvalue weighted by Gasteiger charge is 2.21. The normalized spacial score (nSPS) is 18.7. The molecule has 4 nitrogen and oxygen atoms in total. The fourth-order valence-electron chi connectivity index (χ4n) is 1.31. The number of rotatable bonds is 3. The molecule has 1 saturated carbocycles. The molecular weight excluding hydrogens is 208 g/mol. The van der Waals surface area contributed by atoms with Gasteiger partial charge in [-0.05, 0) is 42.2 Å². The average molecular weight is 224 g/mol. The van der Waals surface area contributed by atoms with Crippen molar-refractivity contribution in [3.05, 3.63) is 22.4 Å². The van der Waals surface area contributed by atoms with Gasteiger partial charge >= 0.3 is 0 Å². The third kappa shape index (κ3) is 2.94. The summed E-state index contributed by atoms with van der Waals surface area (Å²) in [4.78, 5) is 4.43. The van der Waals surface area contributed by atoms with Gasteiger partial charge in [-0.2, -0.15) is 11.3 Å². The summed E-state index contributed by atoms with van der Waals surface area (Å²) in [6.07, 6.45) is 2.36. The van der Waals surface area contributed by atoms with E-state index in [0.29, 0.717) is 12.0 Å². The number of hydrogen-bond acceptors (Lipinski definition) is 3. The summed E-state index contributed by atoms with van der Waals surface area (Å²) < 4.78 is 0. The fourth-order valence-corrected chi connectivity index (χ4v) is 2.07. The van der Waals surface area contributed by atoms with Gasteiger partial charge in [0.05, 0.1) is 12.1 Å². The first-order valence-electron chi connectivity index (χ1n) is 5.12. The summed E-state index contributed by atoms with van der Waals surface area (Å²) in [5.74, 6) is 6.10. The van der Waals surface area contributed by atoms with Crippen LogP contribution in [0, 0.1) is 0 Å². The van der Waals surface area contributed by atoms with E-state index in [4.69, 9.17) is 5.84 Å². The van der Waals surface area contributed by atoms with Gasteiger partial charge in [-0.15, -0.1) is 0 Å². The molecule has 82 valence electrons. The number of nitrogens with zero attached hydrogens (tertiary/aromatic N) is 1. The minimum Gasteiger partial charge on any atom is -0.349 e. The maximum Gasteiger partial charge on any atom is 0.206 e. The molecule has 4 N–H and O–H groups in total. The van der Waals surface area contributed by atoms with Crippen molar-refractivity contribution in [2.24, 2.45) is 10.8 Å². The molecular formula is C10H16N4S. The van der Waals surface area contributed by atoms with E-state index in [1.807, 2.05) is 0 Å². The molecule has 1 atom stereocenters. The maximum atomic E-state index is 5.41. The Bertz CT molecular complexity index is 329. The molecule has 1 fully saturated rings. The molecule has 5 heteroatoms. The Labute approximate surface area is 93.6 Å². The minimum atomic E-state index is 0.241. The van der Waals surface area contributed by atoms with Crippen LogP contribution in [0.4, 0.5) is 0 Å². The number of hydrogen-bond donors (Lipinski definition) is 3. The Kier molecular flexibility index (Phi) is 3.23. The number of nitrogens with two attached hydrogens (primary N) is 1. The van der Waals surface area contributed by atoms with E-state index in [9.17, 15) is 0 Å². The van der Waals surface area contributed by atoms with Gasteiger partial charge in [0.25, 0.3) is 0 Å². The van der Waals surface area contributed by atoms with Gasteiger partial charge in [0.2, 0.25) is 5.96 Å². The summed E-state index contributed by atoms with van der Waals surface area (Å²) in [7, 11) is 0. The van der Waals surface area contributed by atoms with E-state index in [0.717, 1.165) is 0 Å². The first-order valence-corrected chi connectivity index (χ1v) is 6.07. The number of thiophene rings is 1. The molecule has 0 spiro atoms. The largest absolute Gasteiger partial charge is 0.349 e. The highest BCUT2D eigenvalue weighted by atomic mass is 32.1. The summed E-state index contributed by atoms with van der Waals surface area (Å²) in [6.45, 7) is 2.10. The maximum absolute atomic E-state index is 5.41. The van der Waals surface area contributed by atoms with Gasteiger partial charge in [0.15, 0.2) is 0 Å². The van der Waals surface area contributed by atoms with Gasteiger partial charge in [-0.25, -0.2) is 10.8 Å². The van der Waals surface area contributed by atoms with E-state index in [1.165, 1.54) is 18.4 Å². The van der Waals surface area contributed by atoms with Crippen molar-refractivity contribution in [3.63, 3.8) is 0 Å². The van der Waals surface area contributed by atoms with E-state index >= 15 is 0 Å². The number of nitrogens with one attached hydrogen (secondary N) is 2. The van der Waals surface area contributed by atoms with E-state index in [2.05, 4.69) is 39.5 Å². The summed E-state index contributed by atoms with van der Waals surface area (Å²) >= 11 is 1.70. The Morgan fingerprint density at radius 1 is 1.67 bits per heavy atom. The zero-order chi connectivity index (χ0) is 10.7. The van der Waals surface area contributed by atoms with Crippen LogP contribution >= 0.6 is 11.3 Å². The average Bonchev–Trinajstić information content (AvgIpc) is 2.88. The van der Waals surface area contributed by atoms with Gasteiger partial charge in [0, 0.05) is 0 Å². The monoisotopic (exact) mass is 224 g/mol. The fraction of sp³-hybridized carbons (Fsp3) is 0.500. The van der Waals surface area contributed by atoms with Gasteiger partial charge in [0.1, 0.15) is 0 Å². The molecule has 0 bridgehead atoms. The third-order valence-corrected chi connectivity index (χ3v) is 3.09. The number of guanidine groups is 1. The number of hydrazine groups is 1. The second-order valence-electron chi connectivity index (χ2n) is 3.78. The van der Waals surface area contributed by atoms with E-state index in [1.54, 1.807) is 11.3 Å². The van der Waals surface area contributed by atoms with Crippen molar-refractivity contribution in [3.8, 4) is 0 Å². The molecule has 2 rings (SSSR count). The highest BCUT2D eigenvalue weighted by Crippen LogP contribution is 2.23. The quantitative estimate of drug-likeness (QED) is 0.314. The standard InChI is InChI=1S/C10H16N4S/c1-7(8-4-5-15-6-8)12-10(14-11)13-9-2-3-9/h4-7,9H,2-3,11H2,1H3,(H2,12,13,14). The molecule has 0 aromatic carbocycles. The Hall–Kier alpha value is -1.07. The van der Waals surface area contributed by atoms with Crippen LogP contribution in [0.5, 0.6) is 0 Å². The van der Waals surface area contributed by atoms with Crippen molar-refractivity contribution < 1.29 is 0 Å². The van der Waals surface area contributed by atoms with Crippen LogP contribution in [0.1, 0.15) is 31.4 Å². The van der Waals surface area contributed by atoms with Crippen LogP contribution in [0.15, 0.2) is 21.8 Å². The molecule has 1 aliphatic carbocycles. The zero-order valence-electron chi connectivity index (χ0n) is 8.73. The summed E-state index contributed by atoms with van der Waals surface area (Å²) in [5, 5.41) is 7.46. The lowest BCUT2D eigenvalue weighted by atomic mass is 10.2. The van der Waals surface area contributed by atoms with Crippen molar-refractivity contribution in [1.29, 1.82) is 0 Å². The molecule has 1 aromatic heterocycles. The topological polar surface area (TPSA) is 62.4 Å². The highest BCUT2D eigenvalue weighted by molar-refractivity contribution is 7.07. The van der Waals surface area contributed by atoms with Gasteiger partial charge < -0.3 is 5.32 Å². The Balaban J connectivity index is 1.94. The smallest absolute Gasteiger partial charge is 0.206 e. The predicted molar refractivity (Wildman–Crippen MR) is 63.6 cm³/mol. The molecule has 1 aliphatic rings. The van der Waals surface area contributed by atoms with E-state index in [-0.39, 0.29) is 6.04 Å². The molecule has 0 radical (unpaired) electrons. The summed E-state index contributed by atoms with van der Waals surface area (Å²) in [5.41, 5.74) is 3.87. The molecule has 15 heavy (non-hydrogen) atoms. The Morgan fingerprint density at radius 3 is 3.00 bits per heavy atom. The van der Waals surface area contributed by atoms with Gasteiger partial charge in [-0.3, -0.25) is 5.43 Å². The third-order valence-electron chi connectivity index (χ3n) is 2.39. The molecule has 1 heterocycles. The first kappa shape index (κ1) is 10.4. The predicted octanol–water partition coefficient (Wildman–Crippen LogP) is 1.38. The molecule has 1 aromatic rings. The molecule has 0 aliphatic heterocycles. The second-order valence-corrected chi connectivity index (χ2v) is 4.56. The van der Waals surface area contributed by atoms with Gasteiger partial charge in [-0.1, -0.05) is 0 Å². The molecule has 1 unspecified atom stereocenters. The lowest BCUT2D eigenvalue weighted by Crippen LogP contribution is -2.42. The molecule has 0 saturated heterocycles. The zero-order valence-corrected chi connectivity index (χ0v) is 9.55. The van der Waals surface area contributed by atoms with Crippen LogP contribution in [-0.2, 0) is 0 Å². The van der Waals surface area contributed by atoms with Crippen LogP contribution < -0.4 is 16.6 Å².